The molecule has 5 heteroatoms. The number of aliphatic hydroxyl groups excluding tert-OH is 2. The maximum absolute atomic E-state index is 13.5. The summed E-state index contributed by atoms with van der Waals surface area (Å²) in [6.45, 7) is -0.00659. The van der Waals surface area contributed by atoms with E-state index < -0.39 is 23.2 Å². The molecule has 3 aromatic carbocycles. The first-order chi connectivity index (χ1) is 25.9. The first-order valence-corrected chi connectivity index (χ1v) is 20.3. The van der Waals surface area contributed by atoms with Gasteiger partial charge in [-0.15, -0.1) is 0 Å². The van der Waals surface area contributed by atoms with Gasteiger partial charge in [0.15, 0.2) is 0 Å². The smallest absolute Gasteiger partial charge is 0.308 e. The third-order valence-electron chi connectivity index (χ3n) is 13.4. The van der Waals surface area contributed by atoms with Crippen LogP contribution >= 0.6 is 0 Å². The molecule has 3 aromatic rings. The molecule has 4 aliphatic carbocycles. The van der Waals surface area contributed by atoms with Crippen molar-refractivity contribution < 1.29 is 25.2 Å². The molecule has 4 N–H and O–H groups in total. The molecule has 4 aliphatic rings. The number of unbranched alkanes of at least 4 members (excludes halogenated alkanes) is 3. The summed E-state index contributed by atoms with van der Waals surface area (Å²) >= 11 is 0. The monoisotopic (exact) mass is 714 g/mol. The molecular formula is C48H58O5. The van der Waals surface area contributed by atoms with Crippen LogP contribution in [-0.4, -0.2) is 39.6 Å². The molecule has 0 aromatic heterocycles. The van der Waals surface area contributed by atoms with E-state index in [1.54, 1.807) is 12.1 Å². The highest BCUT2D eigenvalue weighted by Crippen LogP contribution is 2.53. The summed E-state index contributed by atoms with van der Waals surface area (Å²) in [4.78, 5) is 13.5. The molecule has 1 spiro atoms. The molecule has 53 heavy (non-hydrogen) atoms. The number of carbonyl (C=O) groups is 1. The highest BCUT2D eigenvalue weighted by Gasteiger charge is 2.51. The summed E-state index contributed by atoms with van der Waals surface area (Å²) in [5.74, 6) is -0.0540. The molecule has 0 saturated heterocycles. The summed E-state index contributed by atoms with van der Waals surface area (Å²) in [6, 6.07) is 25.1. The number of phenolic OH excluding ortho intramolecular Hbond substituents is 1. The van der Waals surface area contributed by atoms with Gasteiger partial charge in [-0.3, -0.25) is 4.79 Å². The van der Waals surface area contributed by atoms with Crippen LogP contribution in [0.1, 0.15) is 99.7 Å². The molecule has 8 atom stereocenters. The van der Waals surface area contributed by atoms with Crippen LogP contribution in [0.5, 0.6) is 5.75 Å². The first kappa shape index (κ1) is 37.4. The first-order valence-electron chi connectivity index (χ1n) is 20.3. The molecular weight excluding hydrogens is 657 g/mol. The van der Waals surface area contributed by atoms with E-state index in [2.05, 4.69) is 85.0 Å². The van der Waals surface area contributed by atoms with Gasteiger partial charge in [0.05, 0.1) is 19.1 Å². The SMILES string of the molecule is O=C(O)[C@H]1[C@H](CO)C=CC[C@@H](CCCCCC[C@H]2C=C(CO)CC2)[C@@H](c2ccc(O)cc2)Cc2cccc(c2)[C@]12CC[C@@H]1C=c3ccccc3=C[C@H]1C2. The fourth-order valence-corrected chi connectivity index (χ4v) is 10.7. The largest absolute Gasteiger partial charge is 0.508 e. The summed E-state index contributed by atoms with van der Waals surface area (Å²) in [5.41, 5.74) is 4.10. The summed E-state index contributed by atoms with van der Waals surface area (Å²) in [5, 5.41) is 44.2. The number of rotatable bonds is 11. The van der Waals surface area contributed by atoms with Crippen LogP contribution in [-0.2, 0) is 16.6 Å². The zero-order chi connectivity index (χ0) is 36.8. The fraction of sp³-hybridized carbons (Fsp3) is 0.479. The molecule has 2 bridgehead atoms. The van der Waals surface area contributed by atoms with E-state index in [-0.39, 0.29) is 30.8 Å². The highest BCUT2D eigenvalue weighted by atomic mass is 16.4. The second-order valence-electron chi connectivity index (χ2n) is 16.7. The van der Waals surface area contributed by atoms with E-state index in [0.29, 0.717) is 17.8 Å². The second-order valence-corrected chi connectivity index (χ2v) is 16.7. The number of aliphatic hydroxyl groups is 2. The lowest BCUT2D eigenvalue weighted by atomic mass is 9.54. The van der Waals surface area contributed by atoms with Crippen LogP contribution in [0.15, 0.2) is 96.6 Å². The van der Waals surface area contributed by atoms with Crippen LogP contribution in [0.25, 0.3) is 12.2 Å². The van der Waals surface area contributed by atoms with E-state index in [1.165, 1.54) is 59.2 Å². The number of aromatic hydroxyl groups is 1. The number of carboxylic acids is 1. The van der Waals surface area contributed by atoms with Gasteiger partial charge in [0, 0.05) is 11.3 Å². The minimum atomic E-state index is -0.825. The van der Waals surface area contributed by atoms with Gasteiger partial charge in [-0.1, -0.05) is 117 Å². The normalized spacial score (nSPS) is 29.5. The van der Waals surface area contributed by atoms with E-state index in [9.17, 15) is 25.2 Å². The highest BCUT2D eigenvalue weighted by molar-refractivity contribution is 5.74. The van der Waals surface area contributed by atoms with Gasteiger partial charge in [-0.2, -0.15) is 0 Å². The Bertz CT molecular complexity index is 1890. The van der Waals surface area contributed by atoms with Gasteiger partial charge in [-0.25, -0.2) is 0 Å². The standard InChI is InChI=1S/C48H58O5/c49-31-35-18-17-33(25-35)9-3-1-2-4-11-36-14-8-15-41(32-50)46(47(52)53)48(24-23-40-28-38-12-5-6-13-39(38)29-42(40)30-48)43-16-7-10-34(26-43)27-45(36)37-19-21-44(51)22-20-37/h5-8,10,12-13,15-16,19-22,25-26,28-29,33,36,40-42,45-46,49-51H,1-4,9,11,14,17-18,23-24,27,30-32H2,(H,52,53)/t33-,36-,40-,41+,42+,45+,46-,48-/m1/s1. The molecule has 0 heterocycles. The van der Waals surface area contributed by atoms with E-state index in [4.69, 9.17) is 0 Å². The number of carboxylic acid groups (broad SMARTS) is 1. The van der Waals surface area contributed by atoms with E-state index in [1.807, 2.05) is 6.08 Å². The molecule has 1 fully saturated rings. The average molecular weight is 715 g/mol. The van der Waals surface area contributed by atoms with Crippen molar-refractivity contribution in [2.75, 3.05) is 13.2 Å². The predicted octanol–water partition coefficient (Wildman–Crippen LogP) is 8.20. The van der Waals surface area contributed by atoms with Crippen LogP contribution in [0.3, 0.4) is 0 Å². The maximum atomic E-state index is 13.5. The summed E-state index contributed by atoms with van der Waals surface area (Å²) in [6.07, 6.45) is 24.5. The Balaban J connectivity index is 1.19. The molecule has 0 aliphatic heterocycles. The fourth-order valence-electron chi connectivity index (χ4n) is 10.7. The van der Waals surface area contributed by atoms with Crippen molar-refractivity contribution in [3.05, 3.63) is 124 Å². The molecule has 0 radical (unpaired) electrons. The van der Waals surface area contributed by atoms with E-state index >= 15 is 0 Å². The Morgan fingerprint density at radius 2 is 1.57 bits per heavy atom. The van der Waals surface area contributed by atoms with Gasteiger partial charge < -0.3 is 20.4 Å². The molecule has 5 nitrogen and oxygen atoms in total. The maximum Gasteiger partial charge on any atom is 0.308 e. The van der Waals surface area contributed by atoms with Crippen molar-refractivity contribution in [3.63, 3.8) is 0 Å². The van der Waals surface area contributed by atoms with Crippen molar-refractivity contribution in [2.24, 2.45) is 35.5 Å². The lowest BCUT2D eigenvalue weighted by Gasteiger charge is -2.49. The van der Waals surface area contributed by atoms with Gasteiger partial charge in [0.25, 0.3) is 0 Å². The minimum absolute atomic E-state index is 0.198. The topological polar surface area (TPSA) is 98.0 Å². The van der Waals surface area contributed by atoms with Crippen LogP contribution in [0.2, 0.25) is 0 Å². The zero-order valence-corrected chi connectivity index (χ0v) is 31.2. The molecule has 7 rings (SSSR count). The molecule has 280 valence electrons. The van der Waals surface area contributed by atoms with Crippen molar-refractivity contribution in [2.45, 2.75) is 94.8 Å². The quantitative estimate of drug-likeness (QED) is 0.119. The third kappa shape index (κ3) is 8.42. The number of hydrogen-bond acceptors (Lipinski definition) is 4. The molecule has 1 saturated carbocycles. The average Bonchev–Trinajstić information content (AvgIpc) is 3.64. The number of benzene rings is 3. The van der Waals surface area contributed by atoms with Gasteiger partial charge >= 0.3 is 5.97 Å². The number of phenols is 1. The predicted molar refractivity (Wildman–Crippen MR) is 213 cm³/mol. The summed E-state index contributed by atoms with van der Waals surface area (Å²) in [7, 11) is 0. The van der Waals surface area contributed by atoms with E-state index in [0.717, 1.165) is 56.9 Å². The van der Waals surface area contributed by atoms with Crippen LogP contribution in [0, 0.1) is 35.5 Å². The Morgan fingerprint density at radius 1 is 0.811 bits per heavy atom. The number of hydrogen-bond donors (Lipinski definition) is 4. The van der Waals surface area contributed by atoms with Crippen molar-refractivity contribution in [3.8, 4) is 5.75 Å². The Kier molecular flexibility index (Phi) is 12.0. The van der Waals surface area contributed by atoms with Gasteiger partial charge in [0.1, 0.15) is 5.75 Å². The minimum Gasteiger partial charge on any atom is -0.508 e. The van der Waals surface area contributed by atoms with Crippen molar-refractivity contribution in [1.82, 2.24) is 0 Å². The van der Waals surface area contributed by atoms with Crippen LogP contribution < -0.4 is 10.4 Å². The lowest BCUT2D eigenvalue weighted by Crippen LogP contribution is -2.50. The van der Waals surface area contributed by atoms with Crippen molar-refractivity contribution in [1.29, 1.82) is 0 Å². The van der Waals surface area contributed by atoms with Crippen molar-refractivity contribution >= 4 is 18.1 Å². The van der Waals surface area contributed by atoms with Crippen LogP contribution in [0.4, 0.5) is 0 Å². The third-order valence-corrected chi connectivity index (χ3v) is 13.4. The van der Waals surface area contributed by atoms with Gasteiger partial charge in [0.2, 0.25) is 0 Å². The number of fused-ring (bicyclic) bond motifs is 5. The Labute approximate surface area is 315 Å². The molecule has 0 unspecified atom stereocenters. The Hall–Kier alpha value is -3.93. The lowest BCUT2D eigenvalue weighted by molar-refractivity contribution is -0.148. The number of allylic oxidation sites excluding steroid dienone is 2. The zero-order valence-electron chi connectivity index (χ0n) is 31.2. The molecule has 0 amide bonds. The number of aliphatic carboxylic acids is 1. The second kappa shape index (κ2) is 17.0. The van der Waals surface area contributed by atoms with Gasteiger partial charge in [-0.05, 0) is 132 Å². The Morgan fingerprint density at radius 3 is 2.28 bits per heavy atom. The summed E-state index contributed by atoms with van der Waals surface area (Å²) < 4.78 is 0.